The van der Waals surface area contributed by atoms with Crippen LogP contribution in [0.3, 0.4) is 0 Å². The van der Waals surface area contributed by atoms with Crippen LogP contribution >= 0.6 is 0 Å². The Labute approximate surface area is 222 Å². The highest BCUT2D eigenvalue weighted by molar-refractivity contribution is 7.92. The summed E-state index contributed by atoms with van der Waals surface area (Å²) in [6.45, 7) is 11.4. The number of nitrogens with zero attached hydrogens (tertiary/aromatic N) is 2. The van der Waals surface area contributed by atoms with E-state index in [1.807, 2.05) is 38.1 Å². The first-order valence-corrected chi connectivity index (χ1v) is 14.3. The molecule has 0 aliphatic heterocycles. The van der Waals surface area contributed by atoms with Gasteiger partial charge in [0.05, 0.1) is 19.1 Å². The normalized spacial score (nSPS) is 13.4. The molecule has 0 aliphatic carbocycles. The molecular formula is C28H41N3O5S. The van der Waals surface area contributed by atoms with Crippen molar-refractivity contribution in [3.8, 4) is 5.75 Å². The van der Waals surface area contributed by atoms with Gasteiger partial charge in [-0.05, 0) is 61.1 Å². The molecule has 2 amide bonds. The van der Waals surface area contributed by atoms with Gasteiger partial charge in [0.1, 0.15) is 18.3 Å². The third-order valence-electron chi connectivity index (χ3n) is 6.38. The van der Waals surface area contributed by atoms with Gasteiger partial charge in [0, 0.05) is 12.6 Å². The summed E-state index contributed by atoms with van der Waals surface area (Å²) in [5.74, 6) is -0.101. The second kappa shape index (κ2) is 12.4. The maximum absolute atomic E-state index is 13.6. The van der Waals surface area contributed by atoms with Gasteiger partial charge in [0.2, 0.25) is 21.8 Å². The minimum absolute atomic E-state index is 0.0539. The summed E-state index contributed by atoms with van der Waals surface area (Å²) in [6, 6.07) is 13.5. The number of nitrogens with one attached hydrogen (secondary N) is 1. The molecule has 0 fully saturated rings. The largest absolute Gasteiger partial charge is 0.497 e. The topological polar surface area (TPSA) is 96.0 Å². The highest BCUT2D eigenvalue weighted by Crippen LogP contribution is 2.26. The number of hydrogen-bond donors (Lipinski definition) is 1. The van der Waals surface area contributed by atoms with Crippen LogP contribution in [-0.4, -0.2) is 57.1 Å². The van der Waals surface area contributed by atoms with Crippen LogP contribution < -0.4 is 14.4 Å². The summed E-state index contributed by atoms with van der Waals surface area (Å²) in [6.07, 6.45) is 1.82. The van der Waals surface area contributed by atoms with Crippen molar-refractivity contribution in [1.29, 1.82) is 0 Å². The zero-order valence-corrected chi connectivity index (χ0v) is 24.1. The first-order chi connectivity index (χ1) is 17.2. The van der Waals surface area contributed by atoms with Crippen LogP contribution in [0.15, 0.2) is 48.5 Å². The predicted molar refractivity (Wildman–Crippen MR) is 148 cm³/mol. The molecule has 0 bridgehead atoms. The van der Waals surface area contributed by atoms with Crippen LogP contribution in [0.5, 0.6) is 5.75 Å². The number of methoxy groups -OCH3 is 1. The van der Waals surface area contributed by atoms with Crippen molar-refractivity contribution < 1.29 is 22.7 Å². The molecule has 9 heteroatoms. The van der Waals surface area contributed by atoms with Gasteiger partial charge >= 0.3 is 0 Å². The van der Waals surface area contributed by atoms with Crippen LogP contribution in [0, 0.1) is 0 Å². The van der Waals surface area contributed by atoms with E-state index in [9.17, 15) is 18.0 Å². The number of carbonyl (C=O) groups excluding carboxylic acids is 2. The van der Waals surface area contributed by atoms with E-state index in [2.05, 4.69) is 26.1 Å². The Kier molecular flexibility index (Phi) is 10.1. The van der Waals surface area contributed by atoms with Gasteiger partial charge in [-0.3, -0.25) is 13.9 Å². The number of benzene rings is 2. The van der Waals surface area contributed by atoms with Crippen molar-refractivity contribution in [1.82, 2.24) is 10.2 Å². The molecule has 2 aromatic rings. The Morgan fingerprint density at radius 1 is 1.00 bits per heavy atom. The molecule has 0 saturated carbocycles. The number of ether oxygens (including phenoxy) is 1. The standard InChI is InChI=1S/C28H41N3O5S/c1-9-20(2)29-27(33)21(3)30(18-22-10-16-25(36-7)17-11-22)26(32)19-31(37(8,34)35)24-14-12-23(13-15-24)28(4,5)6/h10-17,20-21H,9,18-19H2,1-8H3,(H,29,33)/t20-,21-/m0/s1. The molecule has 0 aromatic heterocycles. The Bertz CT molecular complexity index is 1160. The Morgan fingerprint density at radius 2 is 1.57 bits per heavy atom. The van der Waals surface area contributed by atoms with Crippen LogP contribution in [0.4, 0.5) is 5.69 Å². The molecule has 0 spiro atoms. The van der Waals surface area contributed by atoms with Gasteiger partial charge in [-0.25, -0.2) is 8.42 Å². The second-order valence-corrected chi connectivity index (χ2v) is 12.3. The Hall–Kier alpha value is -3.07. The first-order valence-electron chi connectivity index (χ1n) is 12.5. The minimum atomic E-state index is -3.78. The van der Waals surface area contributed by atoms with E-state index in [4.69, 9.17) is 4.74 Å². The minimum Gasteiger partial charge on any atom is -0.497 e. The van der Waals surface area contributed by atoms with E-state index in [-0.39, 0.29) is 23.9 Å². The maximum Gasteiger partial charge on any atom is 0.244 e. The summed E-state index contributed by atoms with van der Waals surface area (Å²) in [5.41, 5.74) is 2.13. The van der Waals surface area contributed by atoms with Gasteiger partial charge in [-0.2, -0.15) is 0 Å². The summed E-state index contributed by atoms with van der Waals surface area (Å²) >= 11 is 0. The van der Waals surface area contributed by atoms with Crippen molar-refractivity contribution >= 4 is 27.5 Å². The molecule has 2 rings (SSSR count). The highest BCUT2D eigenvalue weighted by Gasteiger charge is 2.30. The maximum atomic E-state index is 13.6. The molecule has 0 radical (unpaired) electrons. The van der Waals surface area contributed by atoms with Crippen molar-refractivity contribution in [2.24, 2.45) is 0 Å². The zero-order chi connectivity index (χ0) is 28.0. The van der Waals surface area contributed by atoms with Crippen molar-refractivity contribution in [2.45, 2.75) is 72.0 Å². The van der Waals surface area contributed by atoms with E-state index in [0.29, 0.717) is 11.4 Å². The molecule has 37 heavy (non-hydrogen) atoms. The Morgan fingerprint density at radius 3 is 2.03 bits per heavy atom. The van der Waals surface area contributed by atoms with E-state index in [1.54, 1.807) is 38.3 Å². The SMILES string of the molecule is CC[C@H](C)NC(=O)[C@H](C)N(Cc1ccc(OC)cc1)C(=O)CN(c1ccc(C(C)(C)C)cc1)S(C)(=O)=O. The van der Waals surface area contributed by atoms with Gasteiger partial charge in [0.15, 0.2) is 0 Å². The molecule has 0 heterocycles. The summed E-state index contributed by atoms with van der Waals surface area (Å²) in [7, 11) is -2.21. The van der Waals surface area contributed by atoms with Crippen LogP contribution in [0.2, 0.25) is 0 Å². The number of rotatable bonds is 11. The molecule has 0 saturated heterocycles. The van der Waals surface area contributed by atoms with Crippen LogP contribution in [0.1, 0.15) is 59.1 Å². The second-order valence-electron chi connectivity index (χ2n) is 10.4. The number of anilines is 1. The fourth-order valence-electron chi connectivity index (χ4n) is 3.72. The lowest BCUT2D eigenvalue weighted by Crippen LogP contribution is -2.52. The molecule has 2 aromatic carbocycles. The fraction of sp³-hybridized carbons (Fsp3) is 0.500. The Balaban J connectivity index is 2.39. The smallest absolute Gasteiger partial charge is 0.244 e. The number of amides is 2. The molecule has 204 valence electrons. The van der Waals surface area contributed by atoms with Crippen LogP contribution in [0.25, 0.3) is 0 Å². The summed E-state index contributed by atoms with van der Waals surface area (Å²) in [5, 5.41) is 2.92. The molecular weight excluding hydrogens is 490 g/mol. The van der Waals surface area contributed by atoms with E-state index in [1.165, 1.54) is 4.90 Å². The van der Waals surface area contributed by atoms with Gasteiger partial charge in [-0.15, -0.1) is 0 Å². The third-order valence-corrected chi connectivity index (χ3v) is 7.52. The number of hydrogen-bond acceptors (Lipinski definition) is 5. The third kappa shape index (κ3) is 8.49. The number of sulfonamides is 1. The van der Waals surface area contributed by atoms with Gasteiger partial charge in [0.25, 0.3) is 0 Å². The van der Waals surface area contributed by atoms with E-state index >= 15 is 0 Å². The molecule has 8 nitrogen and oxygen atoms in total. The van der Waals surface area contributed by atoms with Gasteiger partial charge in [-0.1, -0.05) is 52.0 Å². The van der Waals surface area contributed by atoms with Crippen molar-refractivity contribution in [3.05, 3.63) is 59.7 Å². The molecule has 2 atom stereocenters. The lowest BCUT2D eigenvalue weighted by atomic mass is 9.87. The van der Waals surface area contributed by atoms with E-state index < -0.39 is 28.5 Å². The first kappa shape index (κ1) is 30.2. The van der Waals surface area contributed by atoms with Crippen molar-refractivity contribution in [2.75, 3.05) is 24.2 Å². The monoisotopic (exact) mass is 531 g/mol. The van der Waals surface area contributed by atoms with E-state index in [0.717, 1.165) is 28.1 Å². The molecule has 0 aliphatic rings. The van der Waals surface area contributed by atoms with Crippen molar-refractivity contribution in [3.63, 3.8) is 0 Å². The summed E-state index contributed by atoms with van der Waals surface area (Å²) < 4.78 is 31.8. The fourth-order valence-corrected chi connectivity index (χ4v) is 4.57. The summed E-state index contributed by atoms with van der Waals surface area (Å²) in [4.78, 5) is 28.0. The molecule has 1 N–H and O–H groups in total. The lowest BCUT2D eigenvalue weighted by molar-refractivity contribution is -0.139. The zero-order valence-electron chi connectivity index (χ0n) is 23.2. The average molecular weight is 532 g/mol. The van der Waals surface area contributed by atoms with Gasteiger partial charge < -0.3 is 15.0 Å². The highest BCUT2D eigenvalue weighted by atomic mass is 32.2. The molecule has 0 unspecified atom stereocenters. The quantitative estimate of drug-likeness (QED) is 0.471. The lowest BCUT2D eigenvalue weighted by Gasteiger charge is -2.32. The predicted octanol–water partition coefficient (Wildman–Crippen LogP) is 4.09. The number of carbonyl (C=O) groups is 2. The average Bonchev–Trinajstić information content (AvgIpc) is 2.84. The van der Waals surface area contributed by atoms with Crippen LogP contribution in [-0.2, 0) is 31.6 Å².